The van der Waals surface area contributed by atoms with Crippen LogP contribution in [0.25, 0.3) is 10.9 Å². The zero-order valence-corrected chi connectivity index (χ0v) is 30.3. The van der Waals surface area contributed by atoms with Crippen LogP contribution >= 0.6 is 11.9 Å². The van der Waals surface area contributed by atoms with Gasteiger partial charge in [-0.05, 0) is 94.3 Å². The van der Waals surface area contributed by atoms with Gasteiger partial charge < -0.3 is 44.4 Å². The maximum absolute atomic E-state index is 13.7. The van der Waals surface area contributed by atoms with E-state index in [-0.39, 0.29) is 12.6 Å². The van der Waals surface area contributed by atoms with E-state index in [0.29, 0.717) is 76.1 Å². The second-order valence-corrected chi connectivity index (χ2v) is 13.3. The molecule has 0 atom stereocenters. The maximum atomic E-state index is 13.7. The molecule has 1 aliphatic rings. The first kappa shape index (κ1) is 40.1. The van der Waals surface area contributed by atoms with Gasteiger partial charge in [0.15, 0.2) is 0 Å². The van der Waals surface area contributed by atoms with Gasteiger partial charge in [-0.3, -0.25) is 4.79 Å². The van der Waals surface area contributed by atoms with Gasteiger partial charge in [0.1, 0.15) is 12.3 Å². The minimum atomic E-state index is -4.39. The number of nitrogens with zero attached hydrogens (tertiary/aromatic N) is 3. The number of likely N-dealkylation sites (N-methyl/N-ethyl adjacent to an activating group) is 1. The average Bonchev–Trinajstić information content (AvgIpc) is 3.44. The number of methoxy groups -OCH3 is 1. The number of benzene rings is 2. The second kappa shape index (κ2) is 21.0. The normalized spacial score (nSPS) is 14.0. The first-order valence-electron chi connectivity index (χ1n) is 17.0. The van der Waals surface area contributed by atoms with Gasteiger partial charge in [-0.2, -0.15) is 13.2 Å². The van der Waals surface area contributed by atoms with Gasteiger partial charge in [0.05, 0.1) is 70.2 Å². The fraction of sp³-hybridized carbons (Fsp3) is 0.528. The van der Waals surface area contributed by atoms with Gasteiger partial charge >= 0.3 is 6.18 Å². The van der Waals surface area contributed by atoms with Gasteiger partial charge in [-0.15, -0.1) is 0 Å². The molecule has 0 unspecified atom stereocenters. The summed E-state index contributed by atoms with van der Waals surface area (Å²) in [5, 5.41) is 10.1. The highest BCUT2D eigenvalue weighted by molar-refractivity contribution is 7.97. The molecule has 3 N–H and O–H groups in total. The molecule has 1 saturated heterocycles. The number of carbonyl (C=O) groups is 1. The summed E-state index contributed by atoms with van der Waals surface area (Å²) in [6.07, 6.45) is -1.80. The van der Waals surface area contributed by atoms with E-state index < -0.39 is 12.7 Å². The number of nitrogens with one attached hydrogen (secondary N) is 3. The van der Waals surface area contributed by atoms with Crippen LogP contribution in [0.5, 0.6) is 5.75 Å². The highest BCUT2D eigenvalue weighted by Gasteiger charge is 2.30. The topological polar surface area (TPSA) is 101 Å². The molecule has 0 bridgehead atoms. The van der Waals surface area contributed by atoms with Crippen molar-refractivity contribution in [3.63, 3.8) is 0 Å². The number of piperidine rings is 1. The molecule has 0 spiro atoms. The third kappa shape index (κ3) is 13.8. The lowest BCUT2D eigenvalue weighted by Crippen LogP contribution is -2.36. The Bertz CT molecular complexity index is 1570. The Balaban J connectivity index is 1.27. The molecule has 280 valence electrons. The number of hydrogen-bond acceptors (Lipinski definition) is 10. The molecule has 2 aromatic carbocycles. The van der Waals surface area contributed by atoms with Crippen molar-refractivity contribution in [3.8, 4) is 17.6 Å². The molecular weight excluding hydrogens is 685 g/mol. The van der Waals surface area contributed by atoms with Gasteiger partial charge in [0, 0.05) is 35.1 Å². The zero-order chi connectivity index (χ0) is 36.5. The van der Waals surface area contributed by atoms with E-state index in [9.17, 15) is 18.0 Å². The van der Waals surface area contributed by atoms with Crippen LogP contribution in [0.1, 0.15) is 18.5 Å². The average molecular weight is 735 g/mol. The molecular formula is C36H49F3N6O5S. The first-order chi connectivity index (χ1) is 24.7. The Kier molecular flexibility index (Phi) is 16.5. The number of anilines is 2. The van der Waals surface area contributed by atoms with Crippen LogP contribution in [-0.4, -0.2) is 126 Å². The predicted molar refractivity (Wildman–Crippen MR) is 196 cm³/mol. The largest absolute Gasteiger partial charge is 0.495 e. The van der Waals surface area contributed by atoms with Crippen molar-refractivity contribution in [2.45, 2.75) is 36.5 Å². The second-order valence-electron chi connectivity index (χ2n) is 12.1. The lowest BCUT2D eigenvalue weighted by Gasteiger charge is -2.30. The molecule has 0 radical (unpaired) electrons. The van der Waals surface area contributed by atoms with Gasteiger partial charge in [-0.1, -0.05) is 12.0 Å². The van der Waals surface area contributed by atoms with E-state index in [1.165, 1.54) is 4.57 Å². The lowest BCUT2D eigenvalue weighted by molar-refractivity contribution is -0.140. The molecule has 1 fully saturated rings. The van der Waals surface area contributed by atoms with Crippen molar-refractivity contribution >= 4 is 40.6 Å². The molecule has 4 rings (SSSR count). The summed E-state index contributed by atoms with van der Waals surface area (Å²) in [6, 6.07) is 13.2. The molecule has 15 heteroatoms. The number of carbonyl (C=O) groups excluding carboxylic acids is 1. The molecule has 51 heavy (non-hydrogen) atoms. The predicted octanol–water partition coefficient (Wildman–Crippen LogP) is 4.92. The van der Waals surface area contributed by atoms with Crippen molar-refractivity contribution in [1.29, 1.82) is 0 Å². The summed E-state index contributed by atoms with van der Waals surface area (Å²) in [5.74, 6) is 6.62. The molecule has 1 amide bonds. The quantitative estimate of drug-likeness (QED) is 0.0606. The maximum Gasteiger partial charge on any atom is 0.406 e. The molecule has 2 heterocycles. The van der Waals surface area contributed by atoms with E-state index in [4.69, 9.17) is 18.9 Å². The van der Waals surface area contributed by atoms with Crippen LogP contribution in [0, 0.1) is 11.8 Å². The van der Waals surface area contributed by atoms with E-state index in [2.05, 4.69) is 44.0 Å². The molecule has 11 nitrogen and oxygen atoms in total. The summed E-state index contributed by atoms with van der Waals surface area (Å²) in [4.78, 5) is 13.4. The van der Waals surface area contributed by atoms with Crippen molar-refractivity contribution in [2.75, 3.05) is 104 Å². The Hall–Kier alpha value is -3.65. The van der Waals surface area contributed by atoms with E-state index in [1.54, 1.807) is 37.3 Å². The number of alkyl halides is 3. The van der Waals surface area contributed by atoms with Crippen molar-refractivity contribution in [2.24, 2.45) is 0 Å². The molecule has 0 aliphatic carbocycles. The van der Waals surface area contributed by atoms with Crippen LogP contribution < -0.4 is 20.7 Å². The fourth-order valence-corrected chi connectivity index (χ4v) is 6.35. The number of likely N-dealkylation sites (tertiary alicyclic amines) is 1. The minimum absolute atomic E-state index is 0.212. The number of halogens is 3. The highest BCUT2D eigenvalue weighted by Crippen LogP contribution is 2.33. The SMILES string of the molecule is COc1cc(SN(C)CCOCCOCCOCCNC=O)ccc1NCC#Cc1cc2c(NC3CCN(C)CC3)cccc2n1CC(F)(F)F. The van der Waals surface area contributed by atoms with Crippen LogP contribution in [-0.2, 0) is 25.5 Å². The monoisotopic (exact) mass is 734 g/mol. The first-order valence-corrected chi connectivity index (χ1v) is 17.8. The summed E-state index contributed by atoms with van der Waals surface area (Å²) < 4.78 is 66.4. The third-order valence-electron chi connectivity index (χ3n) is 8.15. The van der Waals surface area contributed by atoms with Crippen LogP contribution in [0.15, 0.2) is 47.4 Å². The number of rotatable bonds is 21. The van der Waals surface area contributed by atoms with Crippen LogP contribution in [0.2, 0.25) is 0 Å². The highest BCUT2D eigenvalue weighted by atomic mass is 32.2. The van der Waals surface area contributed by atoms with Gasteiger partial charge in [0.25, 0.3) is 0 Å². The van der Waals surface area contributed by atoms with E-state index in [1.807, 2.05) is 31.3 Å². The van der Waals surface area contributed by atoms with Crippen molar-refractivity contribution < 1.29 is 36.9 Å². The summed E-state index contributed by atoms with van der Waals surface area (Å²) in [6.45, 7) is 5.07. The Morgan fingerprint density at radius 1 is 1.00 bits per heavy atom. The standard InChI is InChI=1S/C36H49F3N6O5S/c1-43-15-11-28(12-16-43)42-32-7-4-8-34-31(32)24-29(45(34)26-36(37,38)39)6-5-13-41-33-10-9-30(25-35(33)47-3)51-44(2)17-19-49-21-23-50-22-20-48-18-14-40-27-46/h4,7-10,24-25,27-28,41-42H,11-23,26H2,1-3H3,(H,40,46). The molecule has 1 aromatic heterocycles. The van der Waals surface area contributed by atoms with Gasteiger partial charge in [0.2, 0.25) is 6.41 Å². The number of fused-ring (bicyclic) bond motifs is 1. The number of ether oxygens (including phenoxy) is 4. The molecule has 1 aliphatic heterocycles. The Morgan fingerprint density at radius 2 is 1.73 bits per heavy atom. The number of hydrogen-bond donors (Lipinski definition) is 3. The zero-order valence-electron chi connectivity index (χ0n) is 29.5. The van der Waals surface area contributed by atoms with E-state index >= 15 is 0 Å². The van der Waals surface area contributed by atoms with E-state index in [0.717, 1.165) is 47.6 Å². The summed E-state index contributed by atoms with van der Waals surface area (Å²) >= 11 is 1.55. The Morgan fingerprint density at radius 3 is 2.43 bits per heavy atom. The minimum Gasteiger partial charge on any atom is -0.495 e. The third-order valence-corrected chi connectivity index (χ3v) is 9.11. The van der Waals surface area contributed by atoms with Crippen molar-refractivity contribution in [3.05, 3.63) is 48.2 Å². The summed E-state index contributed by atoms with van der Waals surface area (Å²) in [7, 11) is 5.66. The van der Waals surface area contributed by atoms with Crippen LogP contribution in [0.4, 0.5) is 24.5 Å². The number of aromatic nitrogens is 1. The van der Waals surface area contributed by atoms with Gasteiger partial charge in [-0.25, -0.2) is 4.31 Å². The smallest absolute Gasteiger partial charge is 0.406 e. The number of amides is 1. The Labute approximate surface area is 302 Å². The summed E-state index contributed by atoms with van der Waals surface area (Å²) in [5.41, 5.74) is 2.37. The lowest BCUT2D eigenvalue weighted by atomic mass is 10.0. The fourth-order valence-electron chi connectivity index (χ4n) is 5.54. The van der Waals surface area contributed by atoms with Crippen molar-refractivity contribution in [1.82, 2.24) is 19.1 Å². The molecule has 0 saturated carbocycles. The van der Waals surface area contributed by atoms with Crippen LogP contribution in [0.3, 0.4) is 0 Å². The molecule has 3 aromatic rings.